The topological polar surface area (TPSA) is 25.8 Å². The number of fused-ring (bicyclic) bond motifs is 2. The average Bonchev–Trinajstić information content (AvgIpc) is 3.17. The summed E-state index contributed by atoms with van der Waals surface area (Å²) in [5.74, 6) is 0. The first-order chi connectivity index (χ1) is 23.7. The summed E-state index contributed by atoms with van der Waals surface area (Å²) >= 11 is 0. The molecular weight excluding hydrogens is 581 g/mol. The maximum absolute atomic E-state index is 4.86. The average molecular weight is 611 g/mol. The van der Waals surface area contributed by atoms with E-state index in [1.165, 1.54) is 65.3 Å². The van der Waals surface area contributed by atoms with Crippen LogP contribution in [0.1, 0.15) is 11.1 Å². The van der Waals surface area contributed by atoms with Crippen molar-refractivity contribution < 1.29 is 0 Å². The Bertz CT molecular complexity index is 2460. The second kappa shape index (κ2) is 11.2. The molecule has 0 saturated heterocycles. The van der Waals surface area contributed by atoms with Gasteiger partial charge in [0.05, 0.1) is 11.4 Å². The Morgan fingerprint density at radius 1 is 0.354 bits per heavy atom. The molecule has 0 atom stereocenters. The summed E-state index contributed by atoms with van der Waals surface area (Å²) in [6.45, 7) is 7.91. The maximum Gasteiger partial charge on any atom is 0.0708 e. The van der Waals surface area contributed by atoms with Crippen LogP contribution < -0.4 is 0 Å². The van der Waals surface area contributed by atoms with Gasteiger partial charge in [0, 0.05) is 34.3 Å². The molecule has 0 unspecified atom stereocenters. The van der Waals surface area contributed by atoms with Crippen molar-refractivity contribution in [3.63, 3.8) is 0 Å². The van der Waals surface area contributed by atoms with E-state index in [4.69, 9.17) is 9.97 Å². The Hall–Kier alpha value is -6.38. The molecule has 0 aliphatic heterocycles. The Kier molecular flexibility index (Phi) is 6.48. The summed E-state index contributed by atoms with van der Waals surface area (Å²) in [5.41, 5.74) is 11.1. The summed E-state index contributed by atoms with van der Waals surface area (Å²) in [5, 5.41) is 9.77. The summed E-state index contributed by atoms with van der Waals surface area (Å²) in [4.78, 5) is 9.71. The van der Waals surface area contributed by atoms with Crippen molar-refractivity contribution in [3.8, 4) is 44.8 Å². The van der Waals surface area contributed by atoms with Gasteiger partial charge in [0.1, 0.15) is 0 Å². The van der Waals surface area contributed by atoms with Crippen molar-refractivity contribution in [2.75, 3.05) is 0 Å². The third kappa shape index (κ3) is 4.27. The fraction of sp³-hybridized carbons (Fsp3) is 0. The van der Waals surface area contributed by atoms with Gasteiger partial charge in [-0.1, -0.05) is 135 Å². The fourth-order valence-corrected chi connectivity index (χ4v) is 7.44. The number of hydrogen-bond donors (Lipinski definition) is 0. The van der Waals surface area contributed by atoms with Gasteiger partial charge in [-0.15, -0.1) is 0 Å². The molecule has 0 aliphatic rings. The van der Waals surface area contributed by atoms with Crippen molar-refractivity contribution in [1.82, 2.24) is 9.97 Å². The number of pyridine rings is 2. The van der Waals surface area contributed by atoms with Crippen molar-refractivity contribution >= 4 is 55.2 Å². The highest BCUT2D eigenvalue weighted by molar-refractivity contribution is 6.39. The lowest BCUT2D eigenvalue weighted by Crippen LogP contribution is -1.95. The van der Waals surface area contributed by atoms with E-state index in [0.29, 0.717) is 0 Å². The van der Waals surface area contributed by atoms with Crippen LogP contribution in [0.3, 0.4) is 0 Å². The third-order valence-corrected chi connectivity index (χ3v) is 9.70. The summed E-state index contributed by atoms with van der Waals surface area (Å²) in [6, 6.07) is 47.9. The van der Waals surface area contributed by atoms with Crippen molar-refractivity contribution in [2.45, 2.75) is 0 Å². The van der Waals surface area contributed by atoms with Gasteiger partial charge in [-0.3, -0.25) is 9.97 Å². The molecule has 0 fully saturated rings. The van der Waals surface area contributed by atoms with Crippen LogP contribution in [0, 0.1) is 0 Å². The predicted molar refractivity (Wildman–Crippen MR) is 205 cm³/mol. The van der Waals surface area contributed by atoms with Crippen LogP contribution in [0.4, 0.5) is 0 Å². The van der Waals surface area contributed by atoms with Gasteiger partial charge in [0.2, 0.25) is 0 Å². The zero-order valence-corrected chi connectivity index (χ0v) is 26.3. The van der Waals surface area contributed by atoms with E-state index in [1.54, 1.807) is 0 Å². The second-order valence-electron chi connectivity index (χ2n) is 12.2. The fourth-order valence-electron chi connectivity index (χ4n) is 7.44. The minimum absolute atomic E-state index is 0.961. The van der Waals surface area contributed by atoms with Crippen LogP contribution in [0.2, 0.25) is 0 Å². The number of hydrogen-bond acceptors (Lipinski definition) is 2. The second-order valence-corrected chi connectivity index (χ2v) is 12.2. The molecule has 224 valence electrons. The quantitative estimate of drug-likeness (QED) is 0.138. The van der Waals surface area contributed by atoms with E-state index in [2.05, 4.69) is 134 Å². The molecule has 48 heavy (non-hydrogen) atoms. The Morgan fingerprint density at radius 3 is 1.12 bits per heavy atom. The molecule has 0 radical (unpaired) electrons. The zero-order chi connectivity index (χ0) is 32.2. The summed E-state index contributed by atoms with van der Waals surface area (Å²) < 4.78 is 0. The van der Waals surface area contributed by atoms with Gasteiger partial charge in [0.25, 0.3) is 0 Å². The van der Waals surface area contributed by atoms with E-state index in [-0.39, 0.29) is 0 Å². The highest BCUT2D eigenvalue weighted by atomic mass is 14.7. The van der Waals surface area contributed by atoms with Crippen LogP contribution in [0.15, 0.2) is 159 Å². The van der Waals surface area contributed by atoms with Gasteiger partial charge in [-0.05, 0) is 90.0 Å². The molecule has 0 aliphatic carbocycles. The third-order valence-electron chi connectivity index (χ3n) is 9.70. The predicted octanol–water partition coefficient (Wildman–Crippen LogP) is 12.5. The molecule has 9 rings (SSSR count). The lowest BCUT2D eigenvalue weighted by Gasteiger charge is -2.22. The number of aromatic nitrogens is 2. The molecule has 2 aromatic heterocycles. The minimum atomic E-state index is 0.961. The van der Waals surface area contributed by atoms with Gasteiger partial charge < -0.3 is 0 Å². The van der Waals surface area contributed by atoms with Gasteiger partial charge >= 0.3 is 0 Å². The Labute approximate surface area is 279 Å². The largest absolute Gasteiger partial charge is 0.256 e. The smallest absolute Gasteiger partial charge is 0.0708 e. The Balaban J connectivity index is 1.49. The van der Waals surface area contributed by atoms with E-state index in [9.17, 15) is 0 Å². The van der Waals surface area contributed by atoms with Gasteiger partial charge in [-0.25, -0.2) is 0 Å². The van der Waals surface area contributed by atoms with Crippen LogP contribution in [-0.2, 0) is 0 Å². The molecule has 2 heterocycles. The standard InChI is InChI=1S/C46H30N2/c1-3-29-11-15-31(16-12-29)33-19-25-39-43-35(33)21-23-37(41-9-5-7-27-47-41)45(43)40-26-20-34(32-17-13-30(4-2)14-18-32)36-22-24-38(46(39)44(36)40)42-10-6-8-28-48-42/h3-28H,1-2H2. The van der Waals surface area contributed by atoms with Crippen molar-refractivity contribution in [1.29, 1.82) is 0 Å². The number of nitrogens with zero attached hydrogens (tertiary/aromatic N) is 2. The van der Waals surface area contributed by atoms with Crippen LogP contribution in [-0.4, -0.2) is 9.97 Å². The van der Waals surface area contributed by atoms with Gasteiger partial charge in [-0.2, -0.15) is 0 Å². The van der Waals surface area contributed by atoms with E-state index in [1.807, 2.05) is 36.7 Å². The Morgan fingerprint density at radius 2 is 0.750 bits per heavy atom. The first kappa shape index (κ1) is 27.9. The van der Waals surface area contributed by atoms with Crippen molar-refractivity contribution in [3.05, 3.63) is 170 Å². The molecule has 9 aromatic rings. The SMILES string of the molecule is C=Cc1ccc(-c2ccc3c4c(-c5ccccn5)ccc5c(-c6ccc(C=C)cc6)ccc(c6c(-c7ccccn7)ccc2c36)c54)cc1. The molecule has 0 saturated carbocycles. The van der Waals surface area contributed by atoms with Crippen LogP contribution in [0.25, 0.3) is 100 Å². The number of rotatable bonds is 6. The first-order valence-corrected chi connectivity index (χ1v) is 16.2. The molecule has 2 heteroatoms. The summed E-state index contributed by atoms with van der Waals surface area (Å²) in [7, 11) is 0. The van der Waals surface area contributed by atoms with E-state index < -0.39 is 0 Å². The van der Waals surface area contributed by atoms with Crippen LogP contribution in [0.5, 0.6) is 0 Å². The molecule has 0 amide bonds. The lowest BCUT2D eigenvalue weighted by molar-refractivity contribution is 1.33. The maximum atomic E-state index is 4.86. The monoisotopic (exact) mass is 610 g/mol. The number of benzene rings is 7. The zero-order valence-electron chi connectivity index (χ0n) is 26.3. The summed E-state index contributed by atoms with van der Waals surface area (Å²) in [6.07, 6.45) is 7.54. The highest BCUT2D eigenvalue weighted by Crippen LogP contribution is 2.50. The highest BCUT2D eigenvalue weighted by Gasteiger charge is 2.22. The van der Waals surface area contributed by atoms with E-state index >= 15 is 0 Å². The first-order valence-electron chi connectivity index (χ1n) is 16.2. The van der Waals surface area contributed by atoms with E-state index in [0.717, 1.165) is 33.6 Å². The van der Waals surface area contributed by atoms with Gasteiger partial charge in [0.15, 0.2) is 0 Å². The van der Waals surface area contributed by atoms with Crippen molar-refractivity contribution in [2.24, 2.45) is 0 Å². The minimum Gasteiger partial charge on any atom is -0.256 e. The normalized spacial score (nSPS) is 11.5. The molecule has 2 nitrogen and oxygen atoms in total. The molecule has 7 aromatic carbocycles. The van der Waals surface area contributed by atoms with Crippen LogP contribution >= 0.6 is 0 Å². The molecule has 0 spiro atoms. The molecule has 0 N–H and O–H groups in total. The molecule has 0 bridgehead atoms. The molecular formula is C46H30N2. The lowest BCUT2D eigenvalue weighted by atomic mass is 9.81.